The maximum absolute atomic E-state index is 10.8. The first kappa shape index (κ1) is 13.7. The summed E-state index contributed by atoms with van der Waals surface area (Å²) in [5.41, 5.74) is 1.71. The van der Waals surface area contributed by atoms with E-state index < -0.39 is 0 Å². The van der Waals surface area contributed by atoms with Crippen molar-refractivity contribution in [1.29, 1.82) is 0 Å². The topological polar surface area (TPSA) is 87.4 Å². The molecule has 0 saturated heterocycles. The summed E-state index contributed by atoms with van der Waals surface area (Å²) in [5, 5.41) is 26.3. The standard InChI is InChI=1S/C16H13N3O3/c20-10-17-16-9-14(13-7-6-12(21)8-15(13)22)18-19(16)11-4-2-1-3-5-11/h1-10,21-22H,(H,17,20). The van der Waals surface area contributed by atoms with E-state index in [4.69, 9.17) is 0 Å². The molecule has 0 aliphatic rings. The second-order valence-corrected chi connectivity index (χ2v) is 4.63. The molecule has 3 aromatic rings. The van der Waals surface area contributed by atoms with Crippen LogP contribution in [0.5, 0.6) is 11.5 Å². The number of para-hydroxylation sites is 1. The molecule has 0 bridgehead atoms. The van der Waals surface area contributed by atoms with Crippen LogP contribution in [-0.2, 0) is 4.79 Å². The largest absolute Gasteiger partial charge is 0.508 e. The van der Waals surface area contributed by atoms with Crippen LogP contribution in [0, 0.1) is 0 Å². The summed E-state index contributed by atoms with van der Waals surface area (Å²) in [6.07, 6.45) is 0.566. The quantitative estimate of drug-likeness (QED) is 0.645. The van der Waals surface area contributed by atoms with Crippen LogP contribution < -0.4 is 5.32 Å². The van der Waals surface area contributed by atoms with Crippen LogP contribution in [0.3, 0.4) is 0 Å². The molecular weight excluding hydrogens is 282 g/mol. The highest BCUT2D eigenvalue weighted by molar-refractivity contribution is 5.76. The third kappa shape index (κ3) is 2.49. The molecule has 0 unspecified atom stereocenters. The molecule has 3 N–H and O–H groups in total. The van der Waals surface area contributed by atoms with Gasteiger partial charge in [-0.25, -0.2) is 4.68 Å². The number of amides is 1. The fraction of sp³-hybridized carbons (Fsp3) is 0. The first-order chi connectivity index (χ1) is 10.7. The molecule has 1 heterocycles. The van der Waals surface area contributed by atoms with Crippen molar-refractivity contribution in [3.8, 4) is 28.4 Å². The van der Waals surface area contributed by atoms with Crippen molar-refractivity contribution in [3.63, 3.8) is 0 Å². The maximum Gasteiger partial charge on any atom is 0.212 e. The van der Waals surface area contributed by atoms with Crippen molar-refractivity contribution in [2.75, 3.05) is 5.32 Å². The number of phenols is 2. The van der Waals surface area contributed by atoms with Gasteiger partial charge in [-0.15, -0.1) is 0 Å². The Hall–Kier alpha value is -3.28. The average Bonchev–Trinajstić information content (AvgIpc) is 2.92. The van der Waals surface area contributed by atoms with Crippen LogP contribution in [-0.4, -0.2) is 26.4 Å². The van der Waals surface area contributed by atoms with Gasteiger partial charge in [0.25, 0.3) is 0 Å². The number of carbonyl (C=O) groups excluding carboxylic acids is 1. The lowest BCUT2D eigenvalue weighted by molar-refractivity contribution is -0.105. The third-order valence-corrected chi connectivity index (χ3v) is 3.17. The number of aromatic hydroxyl groups is 2. The molecule has 110 valence electrons. The Morgan fingerprint density at radius 2 is 1.82 bits per heavy atom. The minimum Gasteiger partial charge on any atom is -0.508 e. The van der Waals surface area contributed by atoms with E-state index in [1.165, 1.54) is 12.1 Å². The summed E-state index contributed by atoms with van der Waals surface area (Å²) in [4.78, 5) is 10.8. The van der Waals surface area contributed by atoms with Crippen molar-refractivity contribution in [3.05, 3.63) is 54.6 Å². The van der Waals surface area contributed by atoms with Crippen LogP contribution in [0.2, 0.25) is 0 Å². The molecular formula is C16H13N3O3. The van der Waals surface area contributed by atoms with Gasteiger partial charge in [0.15, 0.2) is 0 Å². The molecule has 1 aromatic heterocycles. The number of nitrogens with one attached hydrogen (secondary N) is 1. The second kappa shape index (κ2) is 5.61. The predicted molar refractivity (Wildman–Crippen MR) is 82.0 cm³/mol. The molecule has 0 aliphatic heterocycles. The van der Waals surface area contributed by atoms with Crippen molar-refractivity contribution in [1.82, 2.24) is 9.78 Å². The molecule has 0 saturated carbocycles. The van der Waals surface area contributed by atoms with Gasteiger partial charge in [0.1, 0.15) is 17.3 Å². The Kier molecular flexibility index (Phi) is 3.49. The highest BCUT2D eigenvalue weighted by Gasteiger charge is 2.13. The zero-order valence-corrected chi connectivity index (χ0v) is 11.5. The number of benzene rings is 2. The van der Waals surface area contributed by atoms with Crippen LogP contribution in [0.15, 0.2) is 54.6 Å². The number of phenolic OH excluding ortho intramolecular Hbond substituents is 2. The van der Waals surface area contributed by atoms with E-state index in [1.54, 1.807) is 16.8 Å². The number of carbonyl (C=O) groups is 1. The Balaban J connectivity index is 2.12. The van der Waals surface area contributed by atoms with Gasteiger partial charge in [-0.2, -0.15) is 5.10 Å². The molecule has 6 heteroatoms. The molecule has 0 aliphatic carbocycles. The number of hydrogen-bond acceptors (Lipinski definition) is 4. The van der Waals surface area contributed by atoms with Gasteiger partial charge < -0.3 is 15.5 Å². The SMILES string of the molecule is O=CNc1cc(-c2ccc(O)cc2O)nn1-c1ccccc1. The van der Waals surface area contributed by atoms with Crippen LogP contribution >= 0.6 is 0 Å². The van der Waals surface area contributed by atoms with E-state index in [0.29, 0.717) is 23.5 Å². The van der Waals surface area contributed by atoms with Gasteiger partial charge in [0, 0.05) is 17.7 Å². The summed E-state index contributed by atoms with van der Waals surface area (Å²) < 4.78 is 1.57. The van der Waals surface area contributed by atoms with E-state index in [0.717, 1.165) is 5.69 Å². The monoisotopic (exact) mass is 295 g/mol. The van der Waals surface area contributed by atoms with E-state index in [-0.39, 0.29) is 11.5 Å². The lowest BCUT2D eigenvalue weighted by Crippen LogP contribution is -2.04. The van der Waals surface area contributed by atoms with E-state index in [9.17, 15) is 15.0 Å². The maximum atomic E-state index is 10.8. The van der Waals surface area contributed by atoms with E-state index in [1.807, 2.05) is 30.3 Å². The third-order valence-electron chi connectivity index (χ3n) is 3.17. The van der Waals surface area contributed by atoms with E-state index in [2.05, 4.69) is 10.4 Å². The first-order valence-electron chi connectivity index (χ1n) is 6.57. The first-order valence-corrected chi connectivity index (χ1v) is 6.57. The normalized spacial score (nSPS) is 10.4. The van der Waals surface area contributed by atoms with Gasteiger partial charge in [-0.3, -0.25) is 4.79 Å². The number of hydrogen-bond donors (Lipinski definition) is 3. The van der Waals surface area contributed by atoms with Crippen molar-refractivity contribution >= 4 is 12.2 Å². The van der Waals surface area contributed by atoms with Crippen molar-refractivity contribution in [2.24, 2.45) is 0 Å². The fourth-order valence-electron chi connectivity index (χ4n) is 2.18. The smallest absolute Gasteiger partial charge is 0.212 e. The zero-order chi connectivity index (χ0) is 15.5. The van der Waals surface area contributed by atoms with Gasteiger partial charge >= 0.3 is 0 Å². The van der Waals surface area contributed by atoms with Crippen molar-refractivity contribution in [2.45, 2.75) is 0 Å². The van der Waals surface area contributed by atoms with Gasteiger partial charge in [0.05, 0.1) is 11.4 Å². The highest BCUT2D eigenvalue weighted by atomic mass is 16.3. The van der Waals surface area contributed by atoms with Crippen molar-refractivity contribution < 1.29 is 15.0 Å². The molecule has 0 fully saturated rings. The fourth-order valence-corrected chi connectivity index (χ4v) is 2.18. The molecule has 22 heavy (non-hydrogen) atoms. The summed E-state index contributed by atoms with van der Waals surface area (Å²) in [6.45, 7) is 0. The Morgan fingerprint density at radius 1 is 1.05 bits per heavy atom. The summed E-state index contributed by atoms with van der Waals surface area (Å²) >= 11 is 0. The summed E-state index contributed by atoms with van der Waals surface area (Å²) in [7, 11) is 0. The highest BCUT2D eigenvalue weighted by Crippen LogP contribution is 2.33. The van der Waals surface area contributed by atoms with Gasteiger partial charge in [0.2, 0.25) is 6.41 Å². The van der Waals surface area contributed by atoms with E-state index >= 15 is 0 Å². The van der Waals surface area contributed by atoms with Crippen LogP contribution in [0.4, 0.5) is 5.82 Å². The minimum atomic E-state index is -0.0876. The Morgan fingerprint density at radius 3 is 2.50 bits per heavy atom. The molecule has 2 aromatic carbocycles. The second-order valence-electron chi connectivity index (χ2n) is 4.63. The molecule has 0 radical (unpaired) electrons. The number of aromatic nitrogens is 2. The lowest BCUT2D eigenvalue weighted by Gasteiger charge is -2.05. The molecule has 6 nitrogen and oxygen atoms in total. The molecule has 3 rings (SSSR count). The van der Waals surface area contributed by atoms with Crippen LogP contribution in [0.25, 0.3) is 16.9 Å². The van der Waals surface area contributed by atoms with Gasteiger partial charge in [-0.05, 0) is 24.3 Å². The molecule has 1 amide bonds. The minimum absolute atomic E-state index is 0.0324. The lowest BCUT2D eigenvalue weighted by atomic mass is 10.1. The number of rotatable bonds is 4. The van der Waals surface area contributed by atoms with Crippen LogP contribution in [0.1, 0.15) is 0 Å². The Bertz CT molecular complexity index is 813. The average molecular weight is 295 g/mol. The Labute approximate surface area is 126 Å². The predicted octanol–water partition coefficient (Wildman–Crippen LogP) is 2.52. The number of nitrogens with zero attached hydrogens (tertiary/aromatic N) is 2. The number of anilines is 1. The zero-order valence-electron chi connectivity index (χ0n) is 11.5. The van der Waals surface area contributed by atoms with Gasteiger partial charge in [-0.1, -0.05) is 18.2 Å². The molecule has 0 spiro atoms. The molecule has 0 atom stereocenters. The summed E-state index contributed by atoms with van der Waals surface area (Å²) in [6, 6.07) is 15.2. The summed E-state index contributed by atoms with van der Waals surface area (Å²) in [5.74, 6) is 0.356.